The highest BCUT2D eigenvalue weighted by atomic mass is 32.2. The summed E-state index contributed by atoms with van der Waals surface area (Å²) in [6, 6.07) is 13.4. The lowest BCUT2D eigenvalue weighted by Gasteiger charge is -2.22. The van der Waals surface area contributed by atoms with Crippen LogP contribution in [0.5, 0.6) is 11.5 Å². The molecule has 1 unspecified atom stereocenters. The third-order valence-corrected chi connectivity index (χ3v) is 6.48. The molecule has 1 saturated carbocycles. The second-order valence-corrected chi connectivity index (χ2v) is 10.1. The molecule has 2 aromatic carbocycles. The fourth-order valence-electron chi connectivity index (χ4n) is 4.10. The third kappa shape index (κ3) is 4.58. The minimum atomic E-state index is -3.20. The Morgan fingerprint density at radius 1 is 1.03 bits per heavy atom. The molecule has 0 spiro atoms. The van der Waals surface area contributed by atoms with Gasteiger partial charge in [-0.2, -0.15) is 0 Å². The Bertz CT molecular complexity index is 1060. The number of fused-ring (bicyclic) bond motifs is 1. The van der Waals surface area contributed by atoms with Crippen molar-refractivity contribution in [2.24, 2.45) is 0 Å². The van der Waals surface area contributed by atoms with Gasteiger partial charge in [-0.1, -0.05) is 30.3 Å². The minimum Gasteiger partial charge on any atom is -0.493 e. The molecule has 0 bridgehead atoms. The normalized spacial score (nSPS) is 16.2. The molecule has 0 radical (unpaired) electrons. The number of nitrogens with zero attached hydrogens (tertiary/aromatic N) is 1. The maximum Gasteiger partial charge on any atom is 0.161 e. The zero-order chi connectivity index (χ0) is 20.4. The SMILES string of the molecule is COc1ccc(C(CS(C)(=O)=O)n2cc3ccccc3c2)cc1OC1CCCC1. The molecule has 3 aromatic rings. The summed E-state index contributed by atoms with van der Waals surface area (Å²) in [6.07, 6.45) is 9.94. The highest BCUT2D eigenvalue weighted by Crippen LogP contribution is 2.35. The van der Waals surface area contributed by atoms with Crippen molar-refractivity contribution in [1.29, 1.82) is 0 Å². The summed E-state index contributed by atoms with van der Waals surface area (Å²) in [5, 5.41) is 2.17. The van der Waals surface area contributed by atoms with Crippen LogP contribution in [0.3, 0.4) is 0 Å². The van der Waals surface area contributed by atoms with Crippen molar-refractivity contribution >= 4 is 20.6 Å². The van der Waals surface area contributed by atoms with Gasteiger partial charge in [-0.05, 0) is 54.2 Å². The highest BCUT2D eigenvalue weighted by Gasteiger charge is 2.23. The summed E-state index contributed by atoms with van der Waals surface area (Å²) < 4.78 is 38.2. The topological polar surface area (TPSA) is 57.5 Å². The second kappa shape index (κ2) is 8.11. The van der Waals surface area contributed by atoms with E-state index in [1.54, 1.807) is 7.11 Å². The lowest BCUT2D eigenvalue weighted by atomic mass is 10.1. The van der Waals surface area contributed by atoms with Gasteiger partial charge < -0.3 is 14.0 Å². The minimum absolute atomic E-state index is 0.0170. The van der Waals surface area contributed by atoms with Gasteiger partial charge in [0.2, 0.25) is 0 Å². The summed E-state index contributed by atoms with van der Waals surface area (Å²) in [5.41, 5.74) is 0.893. The Hall–Kier alpha value is -2.47. The molecule has 0 saturated heterocycles. The molecule has 0 aliphatic heterocycles. The van der Waals surface area contributed by atoms with Gasteiger partial charge in [0.15, 0.2) is 11.5 Å². The van der Waals surface area contributed by atoms with E-state index < -0.39 is 9.84 Å². The van der Waals surface area contributed by atoms with E-state index in [0.29, 0.717) is 11.5 Å². The lowest BCUT2D eigenvalue weighted by molar-refractivity contribution is 0.200. The Morgan fingerprint density at radius 2 is 1.69 bits per heavy atom. The van der Waals surface area contributed by atoms with Crippen molar-refractivity contribution < 1.29 is 17.9 Å². The Balaban J connectivity index is 1.75. The Labute approximate surface area is 172 Å². The van der Waals surface area contributed by atoms with Gasteiger partial charge in [-0.3, -0.25) is 0 Å². The van der Waals surface area contributed by atoms with Crippen LogP contribution in [0.25, 0.3) is 10.8 Å². The number of hydrogen-bond donors (Lipinski definition) is 0. The summed E-state index contributed by atoms with van der Waals surface area (Å²) in [6.45, 7) is 0. The lowest BCUT2D eigenvalue weighted by Crippen LogP contribution is -2.20. The van der Waals surface area contributed by atoms with E-state index in [1.165, 1.54) is 19.1 Å². The predicted octanol–water partition coefficient (Wildman–Crippen LogP) is 4.61. The van der Waals surface area contributed by atoms with Gasteiger partial charge in [0.1, 0.15) is 9.84 Å². The van der Waals surface area contributed by atoms with Crippen LogP contribution in [0.4, 0.5) is 0 Å². The van der Waals surface area contributed by atoms with E-state index in [2.05, 4.69) is 0 Å². The largest absolute Gasteiger partial charge is 0.493 e. The first-order valence-corrected chi connectivity index (χ1v) is 12.1. The number of sulfone groups is 1. The van der Waals surface area contributed by atoms with Crippen LogP contribution in [0, 0.1) is 0 Å². The first-order chi connectivity index (χ1) is 13.9. The number of aromatic nitrogens is 1. The Morgan fingerprint density at radius 3 is 2.28 bits per heavy atom. The van der Waals surface area contributed by atoms with Crippen molar-refractivity contribution in [2.45, 2.75) is 37.8 Å². The van der Waals surface area contributed by atoms with Crippen molar-refractivity contribution in [1.82, 2.24) is 4.57 Å². The summed E-state index contributed by atoms with van der Waals surface area (Å²) in [7, 11) is -1.57. The molecule has 154 valence electrons. The number of rotatable bonds is 7. The smallest absolute Gasteiger partial charge is 0.161 e. The van der Waals surface area contributed by atoms with Gasteiger partial charge in [0, 0.05) is 18.6 Å². The van der Waals surface area contributed by atoms with E-state index in [9.17, 15) is 8.42 Å². The molecule has 1 atom stereocenters. The summed E-state index contributed by atoms with van der Waals surface area (Å²) >= 11 is 0. The van der Waals surface area contributed by atoms with Gasteiger partial charge >= 0.3 is 0 Å². The average molecular weight is 414 g/mol. The standard InChI is InChI=1S/C23H27NO4S/c1-27-22-12-11-17(13-23(22)28-20-9-5-6-10-20)21(16-29(2,25)26)24-14-18-7-3-4-8-19(18)15-24/h3-4,7-8,11-15,20-21H,5-6,9-10,16H2,1-2H3. The van der Waals surface area contributed by atoms with Crippen molar-refractivity contribution in [3.63, 3.8) is 0 Å². The molecular formula is C23H27NO4S. The molecular weight excluding hydrogens is 386 g/mol. The van der Waals surface area contributed by atoms with E-state index in [4.69, 9.17) is 9.47 Å². The van der Waals surface area contributed by atoms with Crippen LogP contribution in [0.15, 0.2) is 54.9 Å². The fraction of sp³-hybridized carbons (Fsp3) is 0.391. The van der Waals surface area contributed by atoms with Gasteiger partial charge in [-0.15, -0.1) is 0 Å². The molecule has 1 aromatic heterocycles. The van der Waals surface area contributed by atoms with Crippen molar-refractivity contribution in [3.8, 4) is 11.5 Å². The molecule has 1 heterocycles. The number of hydrogen-bond acceptors (Lipinski definition) is 4. The molecule has 0 amide bonds. The van der Waals surface area contributed by atoms with E-state index >= 15 is 0 Å². The highest BCUT2D eigenvalue weighted by molar-refractivity contribution is 7.90. The van der Waals surface area contributed by atoms with Gasteiger partial charge in [-0.25, -0.2) is 8.42 Å². The van der Waals surface area contributed by atoms with Crippen molar-refractivity contribution in [2.75, 3.05) is 19.1 Å². The van der Waals surface area contributed by atoms with E-state index in [-0.39, 0.29) is 17.9 Å². The summed E-state index contributed by atoms with van der Waals surface area (Å²) in [4.78, 5) is 0. The molecule has 1 fully saturated rings. The molecule has 5 nitrogen and oxygen atoms in total. The third-order valence-electron chi connectivity index (χ3n) is 5.56. The monoisotopic (exact) mass is 413 g/mol. The van der Waals surface area contributed by atoms with E-state index in [1.807, 2.05) is 59.4 Å². The first-order valence-electron chi connectivity index (χ1n) is 10.0. The predicted molar refractivity (Wildman–Crippen MR) is 116 cm³/mol. The average Bonchev–Trinajstić information content (AvgIpc) is 3.34. The number of ether oxygens (including phenoxy) is 2. The van der Waals surface area contributed by atoms with Gasteiger partial charge in [0.25, 0.3) is 0 Å². The fourth-order valence-corrected chi connectivity index (χ4v) is 5.04. The first kappa shape index (κ1) is 19.8. The van der Waals surface area contributed by atoms with Crippen LogP contribution < -0.4 is 9.47 Å². The number of methoxy groups -OCH3 is 1. The molecule has 6 heteroatoms. The van der Waals surface area contributed by atoms with Crippen LogP contribution >= 0.6 is 0 Å². The maximum atomic E-state index is 12.2. The van der Waals surface area contributed by atoms with Crippen LogP contribution in [-0.4, -0.2) is 38.2 Å². The Kier molecular flexibility index (Phi) is 5.54. The molecule has 1 aliphatic rings. The van der Waals surface area contributed by atoms with Gasteiger partial charge in [0.05, 0.1) is 25.0 Å². The maximum absolute atomic E-state index is 12.2. The number of benzene rings is 2. The second-order valence-electron chi connectivity index (χ2n) is 7.88. The zero-order valence-electron chi connectivity index (χ0n) is 16.9. The molecule has 1 aliphatic carbocycles. The molecule has 29 heavy (non-hydrogen) atoms. The molecule has 0 N–H and O–H groups in total. The van der Waals surface area contributed by atoms with Crippen LogP contribution in [0.2, 0.25) is 0 Å². The van der Waals surface area contributed by atoms with Crippen LogP contribution in [0.1, 0.15) is 37.3 Å². The van der Waals surface area contributed by atoms with Crippen molar-refractivity contribution in [3.05, 3.63) is 60.4 Å². The van der Waals surface area contributed by atoms with E-state index in [0.717, 1.165) is 29.2 Å². The quantitative estimate of drug-likeness (QED) is 0.568. The zero-order valence-corrected chi connectivity index (χ0v) is 17.7. The molecule has 4 rings (SSSR count). The summed E-state index contributed by atoms with van der Waals surface area (Å²) in [5.74, 6) is 1.38. The van der Waals surface area contributed by atoms with Crippen LogP contribution in [-0.2, 0) is 9.84 Å².